The third-order valence-electron chi connectivity index (χ3n) is 3.48. The number of nitrogens with zero attached hydrogens (tertiary/aromatic N) is 1. The van der Waals surface area contributed by atoms with Crippen molar-refractivity contribution in [3.63, 3.8) is 0 Å². The maximum Gasteiger partial charge on any atom is 0.224 e. The van der Waals surface area contributed by atoms with Gasteiger partial charge in [0, 0.05) is 20.2 Å². The Kier molecular flexibility index (Phi) is 7.21. The smallest absolute Gasteiger partial charge is 0.224 e. The summed E-state index contributed by atoms with van der Waals surface area (Å²) in [7, 11) is 1.83. The van der Waals surface area contributed by atoms with Gasteiger partial charge in [0.2, 0.25) is 5.91 Å². The van der Waals surface area contributed by atoms with E-state index in [-0.39, 0.29) is 5.91 Å². The Morgan fingerprint density at radius 2 is 2.18 bits per heavy atom. The number of hydrogen-bond donors (Lipinski definition) is 1. The second-order valence-electron chi connectivity index (χ2n) is 4.91. The molecule has 0 aliphatic heterocycles. The molecule has 0 spiro atoms. The van der Waals surface area contributed by atoms with Crippen molar-refractivity contribution in [2.24, 2.45) is 11.7 Å². The van der Waals surface area contributed by atoms with Crippen LogP contribution in [0.3, 0.4) is 0 Å². The third kappa shape index (κ3) is 6.03. The number of carbonyl (C=O) groups excluding carboxylic acids is 1. The quantitative estimate of drug-likeness (QED) is 0.622. The predicted molar refractivity (Wildman–Crippen MR) is 68.7 cm³/mol. The van der Waals surface area contributed by atoms with Crippen molar-refractivity contribution in [1.29, 1.82) is 0 Å². The highest BCUT2D eigenvalue weighted by atomic mass is 16.5. The maximum absolute atomic E-state index is 11.6. The Morgan fingerprint density at radius 1 is 1.41 bits per heavy atom. The van der Waals surface area contributed by atoms with Gasteiger partial charge in [0.25, 0.3) is 0 Å². The Labute approximate surface area is 104 Å². The van der Waals surface area contributed by atoms with Crippen LogP contribution in [0.5, 0.6) is 0 Å². The lowest BCUT2D eigenvalue weighted by Crippen LogP contribution is -2.29. The molecular weight excluding hydrogens is 216 g/mol. The average Bonchev–Trinajstić information content (AvgIpc) is 2.27. The second-order valence-corrected chi connectivity index (χ2v) is 4.91. The van der Waals surface area contributed by atoms with Gasteiger partial charge in [-0.15, -0.1) is 0 Å². The predicted octanol–water partition coefficient (Wildman–Crippen LogP) is 1.39. The summed E-state index contributed by atoms with van der Waals surface area (Å²) < 4.78 is 5.49. The molecule has 0 saturated heterocycles. The summed E-state index contributed by atoms with van der Waals surface area (Å²) in [6.07, 6.45) is 6.64. The lowest BCUT2D eigenvalue weighted by molar-refractivity contribution is -0.131. The van der Waals surface area contributed by atoms with Gasteiger partial charge in [-0.1, -0.05) is 19.3 Å². The molecule has 4 heteroatoms. The van der Waals surface area contributed by atoms with Crippen molar-refractivity contribution in [2.75, 3.05) is 33.4 Å². The molecule has 1 rings (SSSR count). The van der Waals surface area contributed by atoms with Crippen molar-refractivity contribution in [3.8, 4) is 0 Å². The van der Waals surface area contributed by atoms with E-state index >= 15 is 0 Å². The lowest BCUT2D eigenvalue weighted by atomic mass is 9.83. The molecule has 0 heterocycles. The number of hydrogen-bond acceptors (Lipinski definition) is 3. The Hall–Kier alpha value is -0.610. The van der Waals surface area contributed by atoms with Gasteiger partial charge in [0.05, 0.1) is 13.0 Å². The molecule has 100 valence electrons. The zero-order valence-corrected chi connectivity index (χ0v) is 11.0. The number of amides is 1. The zero-order chi connectivity index (χ0) is 12.5. The minimum absolute atomic E-state index is 0.155. The monoisotopic (exact) mass is 242 g/mol. The van der Waals surface area contributed by atoms with E-state index in [2.05, 4.69) is 0 Å². The van der Waals surface area contributed by atoms with Gasteiger partial charge in [0.1, 0.15) is 0 Å². The van der Waals surface area contributed by atoms with Gasteiger partial charge in [-0.2, -0.15) is 0 Å². The van der Waals surface area contributed by atoms with Crippen LogP contribution in [0.1, 0.15) is 38.5 Å². The molecule has 4 nitrogen and oxygen atoms in total. The molecule has 0 aromatic carbocycles. The highest BCUT2D eigenvalue weighted by Crippen LogP contribution is 2.29. The van der Waals surface area contributed by atoms with Crippen molar-refractivity contribution < 1.29 is 9.53 Å². The molecule has 0 radical (unpaired) electrons. The largest absolute Gasteiger partial charge is 0.381 e. The number of ether oxygens (including phenoxy) is 1. The summed E-state index contributed by atoms with van der Waals surface area (Å²) in [4.78, 5) is 13.4. The minimum Gasteiger partial charge on any atom is -0.381 e. The normalized spacial score (nSPS) is 15.6. The molecule has 17 heavy (non-hydrogen) atoms. The van der Waals surface area contributed by atoms with Crippen molar-refractivity contribution in [3.05, 3.63) is 0 Å². The third-order valence-corrected chi connectivity index (χ3v) is 3.48. The molecule has 0 aromatic heterocycles. The van der Waals surface area contributed by atoms with E-state index < -0.39 is 0 Å². The van der Waals surface area contributed by atoms with E-state index in [0.29, 0.717) is 19.6 Å². The van der Waals surface area contributed by atoms with E-state index in [4.69, 9.17) is 10.5 Å². The molecule has 1 aliphatic carbocycles. The first-order valence-electron chi connectivity index (χ1n) is 6.76. The highest BCUT2D eigenvalue weighted by Gasteiger charge is 2.16. The van der Waals surface area contributed by atoms with Crippen LogP contribution < -0.4 is 5.73 Å². The van der Waals surface area contributed by atoms with E-state index in [0.717, 1.165) is 31.9 Å². The highest BCUT2D eigenvalue weighted by molar-refractivity contribution is 5.75. The Morgan fingerprint density at radius 3 is 2.76 bits per heavy atom. The molecule has 1 aliphatic rings. The lowest BCUT2D eigenvalue weighted by Gasteiger charge is -2.24. The summed E-state index contributed by atoms with van der Waals surface area (Å²) in [5, 5.41) is 0. The molecule has 0 aromatic rings. The minimum atomic E-state index is 0.155. The first-order valence-corrected chi connectivity index (χ1v) is 6.76. The molecule has 2 N–H and O–H groups in total. The van der Waals surface area contributed by atoms with E-state index in [1.165, 1.54) is 19.3 Å². The molecule has 0 bridgehead atoms. The topological polar surface area (TPSA) is 55.6 Å². The standard InChI is InChI=1S/C13H26N2O2/c1-15(9-3-8-14)13(16)7-11-17-10-6-12-4-2-5-12/h12H,2-11,14H2,1H3. The SMILES string of the molecule is CN(CCCN)C(=O)CCOCCC1CCC1. The zero-order valence-electron chi connectivity index (χ0n) is 11.0. The Balaban J connectivity index is 1.91. The maximum atomic E-state index is 11.6. The van der Waals surface area contributed by atoms with Crippen molar-refractivity contribution >= 4 is 5.91 Å². The summed E-state index contributed by atoms with van der Waals surface area (Å²) in [6.45, 7) is 2.75. The summed E-state index contributed by atoms with van der Waals surface area (Å²) in [5.41, 5.74) is 5.40. The summed E-state index contributed by atoms with van der Waals surface area (Å²) in [5.74, 6) is 1.04. The fourth-order valence-electron chi connectivity index (χ4n) is 1.94. The van der Waals surface area contributed by atoms with Crippen LogP contribution in [-0.4, -0.2) is 44.2 Å². The molecule has 1 saturated carbocycles. The fourth-order valence-corrected chi connectivity index (χ4v) is 1.94. The number of nitrogens with two attached hydrogens (primary N) is 1. The van der Waals surface area contributed by atoms with Crippen LogP contribution in [-0.2, 0) is 9.53 Å². The summed E-state index contributed by atoms with van der Waals surface area (Å²) >= 11 is 0. The molecule has 1 fully saturated rings. The van der Waals surface area contributed by atoms with Gasteiger partial charge >= 0.3 is 0 Å². The van der Waals surface area contributed by atoms with Crippen molar-refractivity contribution in [2.45, 2.75) is 38.5 Å². The van der Waals surface area contributed by atoms with Crippen LogP contribution in [0.2, 0.25) is 0 Å². The van der Waals surface area contributed by atoms with Gasteiger partial charge in [-0.05, 0) is 25.3 Å². The average molecular weight is 242 g/mol. The molecule has 0 unspecified atom stereocenters. The Bertz CT molecular complexity index is 217. The van der Waals surface area contributed by atoms with Crippen LogP contribution in [0.25, 0.3) is 0 Å². The van der Waals surface area contributed by atoms with Crippen molar-refractivity contribution in [1.82, 2.24) is 4.90 Å². The number of rotatable bonds is 9. The first kappa shape index (κ1) is 14.5. The van der Waals surface area contributed by atoms with Crippen LogP contribution in [0, 0.1) is 5.92 Å². The molecule has 0 atom stereocenters. The summed E-state index contributed by atoms with van der Waals surface area (Å²) in [6, 6.07) is 0. The number of carbonyl (C=O) groups is 1. The first-order chi connectivity index (χ1) is 8.24. The van der Waals surface area contributed by atoms with Crippen LogP contribution in [0.15, 0.2) is 0 Å². The molecule has 1 amide bonds. The second kappa shape index (κ2) is 8.48. The molecular formula is C13H26N2O2. The van der Waals surface area contributed by atoms with E-state index in [1.54, 1.807) is 4.90 Å². The van der Waals surface area contributed by atoms with Crippen LogP contribution >= 0.6 is 0 Å². The van der Waals surface area contributed by atoms with Gasteiger partial charge < -0.3 is 15.4 Å². The fraction of sp³-hybridized carbons (Fsp3) is 0.923. The van der Waals surface area contributed by atoms with E-state index in [1.807, 2.05) is 7.05 Å². The van der Waals surface area contributed by atoms with Gasteiger partial charge in [-0.25, -0.2) is 0 Å². The van der Waals surface area contributed by atoms with E-state index in [9.17, 15) is 4.79 Å². The van der Waals surface area contributed by atoms with Gasteiger partial charge in [-0.3, -0.25) is 4.79 Å². The van der Waals surface area contributed by atoms with Gasteiger partial charge in [0.15, 0.2) is 0 Å². The van der Waals surface area contributed by atoms with Crippen LogP contribution in [0.4, 0.5) is 0 Å².